The molecule has 0 bridgehead atoms. The third kappa shape index (κ3) is 1.80. The van der Waals surface area contributed by atoms with Crippen molar-refractivity contribution in [1.82, 2.24) is 9.97 Å². The Morgan fingerprint density at radius 3 is 2.60 bits per heavy atom. The molecule has 2 aromatic carbocycles. The van der Waals surface area contributed by atoms with Crippen LogP contribution in [0, 0.1) is 0 Å². The quantitative estimate of drug-likeness (QED) is 0.558. The maximum Gasteiger partial charge on any atom is 0.108 e. The molecule has 0 radical (unpaired) electrons. The SMILES string of the molecule is c1ccc(Nc2ccc3c(ccc4nccc43)[nH]2)cc1. The van der Waals surface area contributed by atoms with Crippen molar-refractivity contribution in [2.24, 2.45) is 0 Å². The van der Waals surface area contributed by atoms with Gasteiger partial charge < -0.3 is 10.3 Å². The van der Waals surface area contributed by atoms with Gasteiger partial charge in [0.1, 0.15) is 5.82 Å². The smallest absolute Gasteiger partial charge is 0.108 e. The minimum absolute atomic E-state index is 0.975. The Morgan fingerprint density at radius 2 is 1.70 bits per heavy atom. The summed E-state index contributed by atoms with van der Waals surface area (Å²) >= 11 is 0. The van der Waals surface area contributed by atoms with Crippen LogP contribution in [-0.4, -0.2) is 9.97 Å². The Bertz CT molecular complexity index is 878. The van der Waals surface area contributed by atoms with E-state index >= 15 is 0 Å². The maximum atomic E-state index is 4.33. The second-order valence-electron chi connectivity index (χ2n) is 4.77. The van der Waals surface area contributed by atoms with Gasteiger partial charge in [-0.1, -0.05) is 18.2 Å². The second-order valence-corrected chi connectivity index (χ2v) is 4.77. The zero-order valence-corrected chi connectivity index (χ0v) is 10.8. The van der Waals surface area contributed by atoms with Gasteiger partial charge in [-0.2, -0.15) is 0 Å². The highest BCUT2D eigenvalue weighted by Gasteiger charge is 2.03. The molecular formula is C17H13N3. The predicted molar refractivity (Wildman–Crippen MR) is 83.3 cm³/mol. The Balaban J connectivity index is 1.81. The molecule has 0 spiro atoms. The highest BCUT2D eigenvalue weighted by molar-refractivity contribution is 6.05. The van der Waals surface area contributed by atoms with E-state index in [-0.39, 0.29) is 0 Å². The zero-order chi connectivity index (χ0) is 13.4. The molecule has 20 heavy (non-hydrogen) atoms. The van der Waals surface area contributed by atoms with Gasteiger partial charge in [-0.3, -0.25) is 4.98 Å². The second kappa shape index (κ2) is 4.38. The molecule has 0 aliphatic rings. The molecule has 2 heterocycles. The summed E-state index contributed by atoms with van der Waals surface area (Å²) in [6, 6.07) is 20.5. The first kappa shape index (κ1) is 11.1. The molecule has 0 aliphatic carbocycles. The summed E-state index contributed by atoms with van der Waals surface area (Å²) in [5, 5.41) is 5.75. The van der Waals surface area contributed by atoms with Crippen LogP contribution in [-0.2, 0) is 0 Å². The van der Waals surface area contributed by atoms with Crippen LogP contribution < -0.4 is 5.32 Å². The molecule has 0 aliphatic heterocycles. The molecule has 0 unspecified atom stereocenters. The summed E-state index contributed by atoms with van der Waals surface area (Å²) in [7, 11) is 0. The average molecular weight is 259 g/mol. The van der Waals surface area contributed by atoms with Crippen molar-refractivity contribution < 1.29 is 0 Å². The van der Waals surface area contributed by atoms with E-state index < -0.39 is 0 Å². The number of hydrogen-bond donors (Lipinski definition) is 2. The summed E-state index contributed by atoms with van der Waals surface area (Å²) in [6.45, 7) is 0. The first-order valence-electron chi connectivity index (χ1n) is 6.59. The van der Waals surface area contributed by atoms with Crippen molar-refractivity contribution in [3.8, 4) is 0 Å². The average Bonchev–Trinajstić information content (AvgIpc) is 2.97. The molecule has 2 N–H and O–H groups in total. The van der Waals surface area contributed by atoms with E-state index in [1.165, 1.54) is 10.8 Å². The predicted octanol–water partition coefficient (Wildman–Crippen LogP) is 4.46. The van der Waals surface area contributed by atoms with Crippen LogP contribution >= 0.6 is 0 Å². The Hall–Kier alpha value is -2.81. The van der Waals surface area contributed by atoms with E-state index in [1.54, 1.807) is 0 Å². The highest BCUT2D eigenvalue weighted by atomic mass is 15.0. The van der Waals surface area contributed by atoms with Gasteiger partial charge in [0.15, 0.2) is 0 Å². The number of para-hydroxylation sites is 1. The normalized spacial score (nSPS) is 11.0. The Kier molecular flexibility index (Phi) is 2.42. The molecule has 96 valence electrons. The van der Waals surface area contributed by atoms with Crippen LogP contribution in [0.15, 0.2) is 66.9 Å². The van der Waals surface area contributed by atoms with Crippen LogP contribution in [0.3, 0.4) is 0 Å². The minimum atomic E-state index is 0.975. The van der Waals surface area contributed by atoms with Crippen molar-refractivity contribution in [1.29, 1.82) is 0 Å². The van der Waals surface area contributed by atoms with Gasteiger partial charge in [0.25, 0.3) is 0 Å². The van der Waals surface area contributed by atoms with Crippen molar-refractivity contribution in [2.75, 3.05) is 5.32 Å². The Labute approximate surface area is 116 Å². The Morgan fingerprint density at radius 1 is 0.800 bits per heavy atom. The number of fused-ring (bicyclic) bond motifs is 3. The lowest BCUT2D eigenvalue weighted by atomic mass is 10.1. The third-order valence-electron chi connectivity index (χ3n) is 3.46. The summed E-state index contributed by atoms with van der Waals surface area (Å²) < 4.78 is 0. The van der Waals surface area contributed by atoms with Gasteiger partial charge in [0.05, 0.1) is 5.52 Å². The molecule has 3 nitrogen and oxygen atoms in total. The number of rotatable bonds is 2. The fourth-order valence-electron chi connectivity index (χ4n) is 2.50. The van der Waals surface area contributed by atoms with Crippen LogP contribution in [0.5, 0.6) is 0 Å². The third-order valence-corrected chi connectivity index (χ3v) is 3.46. The molecule has 0 fully saturated rings. The molecule has 4 aromatic rings. The highest BCUT2D eigenvalue weighted by Crippen LogP contribution is 2.25. The number of nitrogens with one attached hydrogen (secondary N) is 2. The number of anilines is 2. The van der Waals surface area contributed by atoms with E-state index in [4.69, 9.17) is 0 Å². The van der Waals surface area contributed by atoms with Crippen molar-refractivity contribution >= 4 is 33.3 Å². The lowest BCUT2D eigenvalue weighted by Crippen LogP contribution is -1.93. The van der Waals surface area contributed by atoms with Crippen molar-refractivity contribution in [3.63, 3.8) is 0 Å². The first-order chi connectivity index (χ1) is 9.90. The molecule has 0 amide bonds. The van der Waals surface area contributed by atoms with Crippen molar-refractivity contribution in [3.05, 3.63) is 66.9 Å². The molecule has 4 rings (SSSR count). The molecule has 0 saturated carbocycles. The maximum absolute atomic E-state index is 4.33. The first-order valence-corrected chi connectivity index (χ1v) is 6.59. The van der Waals surface area contributed by atoms with E-state index in [0.717, 1.165) is 22.5 Å². The molecular weight excluding hydrogens is 246 g/mol. The number of hydrogen-bond acceptors (Lipinski definition) is 2. The number of aromatic amines is 1. The lowest BCUT2D eigenvalue weighted by Gasteiger charge is -2.08. The summed E-state index contributed by atoms with van der Waals surface area (Å²) in [5.74, 6) is 0.975. The topological polar surface area (TPSA) is 40.7 Å². The summed E-state index contributed by atoms with van der Waals surface area (Å²) in [6.07, 6.45) is 1.85. The van der Waals surface area contributed by atoms with Crippen LogP contribution in [0.2, 0.25) is 0 Å². The fourth-order valence-corrected chi connectivity index (χ4v) is 2.50. The van der Waals surface area contributed by atoms with E-state index in [2.05, 4.69) is 39.6 Å². The van der Waals surface area contributed by atoms with E-state index in [9.17, 15) is 0 Å². The van der Waals surface area contributed by atoms with Gasteiger partial charge >= 0.3 is 0 Å². The van der Waals surface area contributed by atoms with Crippen LogP contribution in [0.1, 0.15) is 0 Å². The summed E-state index contributed by atoms with van der Waals surface area (Å²) in [5.41, 5.74) is 3.21. The van der Waals surface area contributed by atoms with E-state index in [0.29, 0.717) is 0 Å². The fraction of sp³-hybridized carbons (Fsp3) is 0. The molecule has 3 heteroatoms. The van der Waals surface area contributed by atoms with Crippen LogP contribution in [0.25, 0.3) is 21.8 Å². The molecule has 0 atom stereocenters. The van der Waals surface area contributed by atoms with Gasteiger partial charge in [0, 0.05) is 28.2 Å². The van der Waals surface area contributed by atoms with E-state index in [1.807, 2.05) is 42.6 Å². The largest absolute Gasteiger partial charge is 0.342 e. The number of benzene rings is 2. The standard InChI is InChI=1S/C17H13N3/c1-2-4-12(5-3-1)19-17-9-6-13-14-10-11-18-15(14)7-8-16(13)20-17/h1-11,19-20H. The molecule has 2 aromatic heterocycles. The minimum Gasteiger partial charge on any atom is -0.342 e. The number of H-pyrrole nitrogens is 1. The van der Waals surface area contributed by atoms with Crippen molar-refractivity contribution in [2.45, 2.75) is 0 Å². The zero-order valence-electron chi connectivity index (χ0n) is 10.8. The van der Waals surface area contributed by atoms with Gasteiger partial charge in [-0.05, 0) is 42.5 Å². The van der Waals surface area contributed by atoms with Gasteiger partial charge in [-0.15, -0.1) is 0 Å². The van der Waals surface area contributed by atoms with Gasteiger partial charge in [-0.25, -0.2) is 0 Å². The van der Waals surface area contributed by atoms with Crippen LogP contribution in [0.4, 0.5) is 11.5 Å². The van der Waals surface area contributed by atoms with Gasteiger partial charge in [0.2, 0.25) is 0 Å². The lowest BCUT2D eigenvalue weighted by molar-refractivity contribution is 1.37. The number of nitrogens with zero attached hydrogens (tertiary/aromatic N) is 1. The number of aromatic nitrogens is 2. The summed E-state index contributed by atoms with van der Waals surface area (Å²) in [4.78, 5) is 7.75. The molecule has 0 saturated heterocycles. The monoisotopic (exact) mass is 259 g/mol. The number of pyridine rings is 1.